The molecule has 106 valence electrons. The van der Waals surface area contributed by atoms with E-state index in [1.54, 1.807) is 18.2 Å². The van der Waals surface area contributed by atoms with Crippen LogP contribution in [-0.2, 0) is 0 Å². The summed E-state index contributed by atoms with van der Waals surface area (Å²) in [6, 6.07) is 4.30. The highest BCUT2D eigenvalue weighted by atomic mass is 79.9. The van der Waals surface area contributed by atoms with Gasteiger partial charge in [-0.25, -0.2) is 8.78 Å². The van der Waals surface area contributed by atoms with E-state index >= 15 is 0 Å². The molecule has 1 aromatic carbocycles. The van der Waals surface area contributed by atoms with Crippen molar-refractivity contribution in [3.8, 4) is 5.75 Å². The molecule has 1 N–H and O–H groups in total. The number of nitrogens with zero attached hydrogens (tertiary/aromatic N) is 1. The van der Waals surface area contributed by atoms with Crippen LogP contribution in [0.3, 0.4) is 0 Å². The Bertz CT molecular complexity index is 425. The Morgan fingerprint density at radius 1 is 1.32 bits per heavy atom. The molecule has 0 spiro atoms. The van der Waals surface area contributed by atoms with E-state index in [0.29, 0.717) is 28.9 Å². The molecule has 2 rings (SSSR count). The number of halogens is 3. The van der Waals surface area contributed by atoms with Gasteiger partial charge >= 0.3 is 0 Å². The van der Waals surface area contributed by atoms with Crippen LogP contribution >= 0.6 is 15.9 Å². The second kappa shape index (κ2) is 6.63. The van der Waals surface area contributed by atoms with Crippen molar-refractivity contribution in [2.75, 3.05) is 33.3 Å². The number of ether oxygens (including phenoxy) is 1. The number of piperazine rings is 1. The summed E-state index contributed by atoms with van der Waals surface area (Å²) in [6.45, 7) is 2.73. The van der Waals surface area contributed by atoms with Crippen LogP contribution in [-0.4, -0.2) is 44.6 Å². The molecule has 0 saturated carbocycles. The SMILES string of the molecule is COc1ccc(Br)c([C@H](C(F)F)N2CCNCC2)c1. The maximum Gasteiger partial charge on any atom is 0.258 e. The van der Waals surface area contributed by atoms with E-state index < -0.39 is 12.5 Å². The molecule has 1 aliphatic heterocycles. The van der Waals surface area contributed by atoms with Gasteiger partial charge in [0.2, 0.25) is 0 Å². The summed E-state index contributed by atoms with van der Waals surface area (Å²) < 4.78 is 32.7. The monoisotopic (exact) mass is 334 g/mol. The molecule has 1 aliphatic rings. The van der Waals surface area contributed by atoms with Gasteiger partial charge in [-0.15, -0.1) is 0 Å². The zero-order valence-electron chi connectivity index (χ0n) is 10.7. The van der Waals surface area contributed by atoms with Crippen LogP contribution in [0.1, 0.15) is 11.6 Å². The van der Waals surface area contributed by atoms with Crippen LogP contribution in [0.4, 0.5) is 8.78 Å². The van der Waals surface area contributed by atoms with Crippen molar-refractivity contribution >= 4 is 15.9 Å². The molecule has 1 heterocycles. The molecule has 1 saturated heterocycles. The topological polar surface area (TPSA) is 24.5 Å². The van der Waals surface area contributed by atoms with Crippen molar-refractivity contribution in [3.05, 3.63) is 28.2 Å². The van der Waals surface area contributed by atoms with Gasteiger partial charge in [0.25, 0.3) is 6.43 Å². The van der Waals surface area contributed by atoms with Crippen molar-refractivity contribution < 1.29 is 13.5 Å². The lowest BCUT2D eigenvalue weighted by Gasteiger charge is -2.35. The summed E-state index contributed by atoms with van der Waals surface area (Å²) in [5, 5.41) is 3.17. The smallest absolute Gasteiger partial charge is 0.258 e. The van der Waals surface area contributed by atoms with Gasteiger partial charge in [-0.05, 0) is 23.8 Å². The van der Waals surface area contributed by atoms with Crippen LogP contribution in [0.2, 0.25) is 0 Å². The van der Waals surface area contributed by atoms with Gasteiger partial charge in [-0.3, -0.25) is 4.90 Å². The first-order valence-corrected chi connectivity index (χ1v) is 6.99. The van der Waals surface area contributed by atoms with Crippen molar-refractivity contribution in [2.45, 2.75) is 12.5 Å². The quantitative estimate of drug-likeness (QED) is 0.916. The molecule has 3 nitrogen and oxygen atoms in total. The van der Waals surface area contributed by atoms with Gasteiger partial charge in [-0.1, -0.05) is 15.9 Å². The van der Waals surface area contributed by atoms with Crippen LogP contribution < -0.4 is 10.1 Å². The molecule has 0 amide bonds. The van der Waals surface area contributed by atoms with Gasteiger partial charge in [0.15, 0.2) is 0 Å². The molecular formula is C13H17BrF2N2O. The number of hydrogen-bond acceptors (Lipinski definition) is 3. The zero-order chi connectivity index (χ0) is 13.8. The summed E-state index contributed by atoms with van der Waals surface area (Å²) in [5.41, 5.74) is 0.580. The van der Waals surface area contributed by atoms with E-state index in [4.69, 9.17) is 4.74 Å². The Hall–Kier alpha value is -0.720. The minimum absolute atomic E-state index is 0.580. The van der Waals surface area contributed by atoms with E-state index in [2.05, 4.69) is 21.2 Å². The third kappa shape index (κ3) is 3.43. The van der Waals surface area contributed by atoms with E-state index in [-0.39, 0.29) is 0 Å². The van der Waals surface area contributed by atoms with E-state index in [1.807, 2.05) is 4.90 Å². The predicted octanol–water partition coefficient (Wildman–Crippen LogP) is 2.67. The molecule has 0 unspecified atom stereocenters. The van der Waals surface area contributed by atoms with E-state index in [1.165, 1.54) is 7.11 Å². The fourth-order valence-corrected chi connectivity index (χ4v) is 2.81. The Labute approximate surface area is 120 Å². The van der Waals surface area contributed by atoms with Crippen molar-refractivity contribution in [3.63, 3.8) is 0 Å². The molecule has 0 aromatic heterocycles. The standard InChI is InChI=1S/C13H17BrF2N2O/c1-19-9-2-3-11(14)10(8-9)12(13(15)16)18-6-4-17-5-7-18/h2-3,8,12-13,17H,4-7H2,1H3/t12-/m1/s1. The summed E-state index contributed by atoms with van der Waals surface area (Å²) in [4.78, 5) is 1.82. The minimum atomic E-state index is -2.43. The number of methoxy groups -OCH3 is 1. The molecule has 19 heavy (non-hydrogen) atoms. The number of benzene rings is 1. The van der Waals surface area contributed by atoms with Crippen LogP contribution in [0, 0.1) is 0 Å². The molecule has 1 atom stereocenters. The first-order chi connectivity index (χ1) is 9.13. The first kappa shape index (κ1) is 14.7. The van der Waals surface area contributed by atoms with Gasteiger partial charge < -0.3 is 10.1 Å². The summed E-state index contributed by atoms with van der Waals surface area (Å²) in [7, 11) is 1.54. The van der Waals surface area contributed by atoms with Gasteiger partial charge in [0.05, 0.1) is 13.2 Å². The average Bonchev–Trinajstić information content (AvgIpc) is 2.42. The molecule has 1 fully saturated rings. The zero-order valence-corrected chi connectivity index (χ0v) is 12.3. The second-order valence-corrected chi connectivity index (χ2v) is 5.31. The lowest BCUT2D eigenvalue weighted by atomic mass is 10.0. The summed E-state index contributed by atoms with van der Waals surface area (Å²) >= 11 is 3.36. The third-order valence-electron chi connectivity index (χ3n) is 3.31. The molecule has 0 aliphatic carbocycles. The normalized spacial score (nSPS) is 18.6. The van der Waals surface area contributed by atoms with Crippen LogP contribution in [0.25, 0.3) is 0 Å². The lowest BCUT2D eigenvalue weighted by Crippen LogP contribution is -2.47. The largest absolute Gasteiger partial charge is 0.497 e. The highest BCUT2D eigenvalue weighted by Gasteiger charge is 2.31. The highest BCUT2D eigenvalue weighted by molar-refractivity contribution is 9.10. The predicted molar refractivity (Wildman–Crippen MR) is 73.9 cm³/mol. The second-order valence-electron chi connectivity index (χ2n) is 4.45. The Balaban J connectivity index is 2.32. The Morgan fingerprint density at radius 3 is 2.58 bits per heavy atom. The fraction of sp³-hybridized carbons (Fsp3) is 0.538. The van der Waals surface area contributed by atoms with Crippen LogP contribution in [0.5, 0.6) is 5.75 Å². The van der Waals surface area contributed by atoms with Gasteiger partial charge in [0, 0.05) is 30.7 Å². The van der Waals surface area contributed by atoms with E-state index in [0.717, 1.165) is 13.1 Å². The summed E-state index contributed by atoms with van der Waals surface area (Å²) in [6.07, 6.45) is -2.43. The summed E-state index contributed by atoms with van der Waals surface area (Å²) in [5.74, 6) is 0.596. The van der Waals surface area contributed by atoms with Gasteiger partial charge in [0.1, 0.15) is 5.75 Å². The first-order valence-electron chi connectivity index (χ1n) is 6.20. The van der Waals surface area contributed by atoms with E-state index in [9.17, 15) is 8.78 Å². The van der Waals surface area contributed by atoms with Crippen LogP contribution in [0.15, 0.2) is 22.7 Å². The fourth-order valence-electron chi connectivity index (χ4n) is 2.33. The molecule has 1 aromatic rings. The van der Waals surface area contributed by atoms with Crippen molar-refractivity contribution in [1.29, 1.82) is 0 Å². The molecular weight excluding hydrogens is 318 g/mol. The molecule has 0 bridgehead atoms. The maximum atomic E-state index is 13.5. The maximum absolute atomic E-state index is 13.5. The van der Waals surface area contributed by atoms with Crippen molar-refractivity contribution in [2.24, 2.45) is 0 Å². The van der Waals surface area contributed by atoms with Crippen molar-refractivity contribution in [1.82, 2.24) is 10.2 Å². The molecule has 6 heteroatoms. The average molecular weight is 335 g/mol. The molecule has 0 radical (unpaired) electrons. The minimum Gasteiger partial charge on any atom is -0.497 e. The highest BCUT2D eigenvalue weighted by Crippen LogP contribution is 2.35. The Morgan fingerprint density at radius 2 is 2.00 bits per heavy atom. The third-order valence-corrected chi connectivity index (χ3v) is 4.03. The number of rotatable bonds is 4. The number of hydrogen-bond donors (Lipinski definition) is 1. The number of nitrogens with one attached hydrogen (secondary N) is 1. The Kier molecular flexibility index (Phi) is 5.13. The lowest BCUT2D eigenvalue weighted by molar-refractivity contribution is 0.0177. The number of alkyl halides is 2. The van der Waals surface area contributed by atoms with Gasteiger partial charge in [-0.2, -0.15) is 0 Å².